The van der Waals surface area contributed by atoms with Gasteiger partial charge in [-0.2, -0.15) is 0 Å². The summed E-state index contributed by atoms with van der Waals surface area (Å²) in [5.41, 5.74) is 2.07. The molecule has 2 aromatic rings. The van der Waals surface area contributed by atoms with E-state index in [2.05, 4.69) is 21.3 Å². The molecule has 1 saturated heterocycles. The summed E-state index contributed by atoms with van der Waals surface area (Å²) in [5.74, 6) is 0.941. The van der Waals surface area contributed by atoms with Gasteiger partial charge in [-0.15, -0.1) is 0 Å². The number of hydrogen-bond donors (Lipinski definition) is 2. The highest BCUT2D eigenvalue weighted by Gasteiger charge is 2.13. The van der Waals surface area contributed by atoms with Crippen LogP contribution in [-0.2, 0) is 11.3 Å². The van der Waals surface area contributed by atoms with Crippen molar-refractivity contribution < 1.29 is 9.53 Å². The molecule has 1 aliphatic rings. The molecule has 0 spiro atoms. The van der Waals surface area contributed by atoms with E-state index in [0.29, 0.717) is 13.1 Å². The molecule has 2 N–H and O–H groups in total. The highest BCUT2D eigenvalue weighted by Crippen LogP contribution is 2.21. The van der Waals surface area contributed by atoms with E-state index in [0.717, 1.165) is 35.4 Å². The minimum absolute atomic E-state index is 0.100. The molecule has 1 aromatic carbocycles. The van der Waals surface area contributed by atoms with Gasteiger partial charge in [0.2, 0.25) is 5.91 Å². The smallest absolute Gasteiger partial charge is 0.234 e. The van der Waals surface area contributed by atoms with Gasteiger partial charge < -0.3 is 15.0 Å². The van der Waals surface area contributed by atoms with Crippen LogP contribution < -0.4 is 10.1 Å². The zero-order chi connectivity index (χ0) is 16.1. The predicted molar refractivity (Wildman–Crippen MR) is 91.6 cm³/mol. The van der Waals surface area contributed by atoms with Crippen molar-refractivity contribution in [3.63, 3.8) is 0 Å². The van der Waals surface area contributed by atoms with E-state index in [1.807, 2.05) is 18.2 Å². The number of nitrogens with zero attached hydrogens (tertiary/aromatic N) is 1. The molecule has 1 amide bonds. The van der Waals surface area contributed by atoms with Crippen molar-refractivity contribution in [1.29, 1.82) is 0 Å². The van der Waals surface area contributed by atoms with E-state index >= 15 is 0 Å². The molecule has 1 aromatic heterocycles. The van der Waals surface area contributed by atoms with Gasteiger partial charge in [-0.25, -0.2) is 0 Å². The molecule has 2 heterocycles. The molecule has 23 heavy (non-hydrogen) atoms. The number of carbonyl (C=O) groups is 1. The second-order valence-electron chi connectivity index (χ2n) is 6.21. The van der Waals surface area contributed by atoms with E-state index in [1.165, 1.54) is 25.7 Å². The van der Waals surface area contributed by atoms with Crippen LogP contribution in [0.15, 0.2) is 24.3 Å². The first-order valence-electron chi connectivity index (χ1n) is 8.39. The SMILES string of the molecule is COc1ccc2[nH]c(CNC(=O)CN3CCCCCC3)cc2c1. The van der Waals surface area contributed by atoms with Gasteiger partial charge in [-0.3, -0.25) is 9.69 Å². The second kappa shape index (κ2) is 7.51. The fraction of sp³-hybridized carbons (Fsp3) is 0.500. The van der Waals surface area contributed by atoms with Crippen molar-refractivity contribution in [2.24, 2.45) is 0 Å². The molecule has 0 bridgehead atoms. The molecule has 3 rings (SSSR count). The van der Waals surface area contributed by atoms with E-state index in [4.69, 9.17) is 4.74 Å². The number of fused-ring (bicyclic) bond motifs is 1. The van der Waals surface area contributed by atoms with Gasteiger partial charge in [0.15, 0.2) is 0 Å². The molecule has 5 heteroatoms. The molecule has 124 valence electrons. The summed E-state index contributed by atoms with van der Waals surface area (Å²) in [7, 11) is 1.66. The number of rotatable bonds is 5. The van der Waals surface area contributed by atoms with Crippen LogP contribution in [-0.4, -0.2) is 42.5 Å². The van der Waals surface area contributed by atoms with Crippen molar-refractivity contribution in [1.82, 2.24) is 15.2 Å². The lowest BCUT2D eigenvalue weighted by Crippen LogP contribution is -2.37. The van der Waals surface area contributed by atoms with Crippen LogP contribution in [0.25, 0.3) is 10.9 Å². The lowest BCUT2D eigenvalue weighted by atomic mass is 10.2. The number of aromatic nitrogens is 1. The standard InChI is InChI=1S/C18H25N3O2/c1-23-16-6-7-17-14(11-16)10-15(20-17)12-19-18(22)13-21-8-4-2-3-5-9-21/h6-7,10-11,20H,2-5,8-9,12-13H2,1H3,(H,19,22). The third-order valence-corrected chi connectivity index (χ3v) is 4.43. The zero-order valence-electron chi connectivity index (χ0n) is 13.7. The van der Waals surface area contributed by atoms with Gasteiger partial charge in [-0.05, 0) is 50.2 Å². The van der Waals surface area contributed by atoms with Gasteiger partial charge in [0.05, 0.1) is 20.2 Å². The fourth-order valence-corrected chi connectivity index (χ4v) is 3.14. The summed E-state index contributed by atoms with van der Waals surface area (Å²) < 4.78 is 5.24. The van der Waals surface area contributed by atoms with Crippen LogP contribution in [0, 0.1) is 0 Å². The first-order valence-corrected chi connectivity index (χ1v) is 8.39. The minimum Gasteiger partial charge on any atom is -0.497 e. The Hall–Kier alpha value is -2.01. The Kier molecular flexibility index (Phi) is 5.18. The van der Waals surface area contributed by atoms with Crippen LogP contribution >= 0.6 is 0 Å². The molecular weight excluding hydrogens is 290 g/mol. The lowest BCUT2D eigenvalue weighted by Gasteiger charge is -2.18. The molecule has 0 unspecified atom stereocenters. The first-order chi connectivity index (χ1) is 11.2. The van der Waals surface area contributed by atoms with Crippen molar-refractivity contribution in [2.45, 2.75) is 32.2 Å². The van der Waals surface area contributed by atoms with Gasteiger partial charge in [0.1, 0.15) is 5.75 Å². The third kappa shape index (κ3) is 4.26. The number of amides is 1. The molecule has 0 aliphatic carbocycles. The minimum atomic E-state index is 0.100. The van der Waals surface area contributed by atoms with E-state index in [-0.39, 0.29) is 5.91 Å². The van der Waals surface area contributed by atoms with Crippen molar-refractivity contribution in [3.05, 3.63) is 30.0 Å². The summed E-state index contributed by atoms with van der Waals surface area (Å²) in [5, 5.41) is 4.11. The summed E-state index contributed by atoms with van der Waals surface area (Å²) >= 11 is 0. The highest BCUT2D eigenvalue weighted by atomic mass is 16.5. The molecule has 1 aliphatic heterocycles. The summed E-state index contributed by atoms with van der Waals surface area (Å²) in [4.78, 5) is 17.7. The number of likely N-dealkylation sites (tertiary alicyclic amines) is 1. The van der Waals surface area contributed by atoms with Crippen LogP contribution in [0.1, 0.15) is 31.4 Å². The number of aromatic amines is 1. The molecule has 0 atom stereocenters. The first kappa shape index (κ1) is 15.9. The lowest BCUT2D eigenvalue weighted by molar-refractivity contribution is -0.122. The number of methoxy groups -OCH3 is 1. The van der Waals surface area contributed by atoms with E-state index in [9.17, 15) is 4.79 Å². The topological polar surface area (TPSA) is 57.4 Å². The number of H-pyrrole nitrogens is 1. The van der Waals surface area contributed by atoms with Gasteiger partial charge in [-0.1, -0.05) is 12.8 Å². The maximum Gasteiger partial charge on any atom is 0.234 e. The predicted octanol–water partition coefficient (Wildman–Crippen LogP) is 2.67. The summed E-state index contributed by atoms with van der Waals surface area (Å²) in [6.45, 7) is 3.12. The Morgan fingerprint density at radius 1 is 1.22 bits per heavy atom. The Bertz CT molecular complexity index is 657. The summed E-state index contributed by atoms with van der Waals surface area (Å²) in [6.07, 6.45) is 4.99. The van der Waals surface area contributed by atoms with Crippen molar-refractivity contribution >= 4 is 16.8 Å². The average Bonchev–Trinajstić information content (AvgIpc) is 2.80. The van der Waals surface area contributed by atoms with Gasteiger partial charge in [0, 0.05) is 16.6 Å². The number of nitrogens with one attached hydrogen (secondary N) is 2. The Balaban J connectivity index is 1.54. The molecular formula is C18H25N3O2. The van der Waals surface area contributed by atoms with Crippen molar-refractivity contribution in [2.75, 3.05) is 26.7 Å². The van der Waals surface area contributed by atoms with Crippen LogP contribution in [0.4, 0.5) is 0 Å². The Morgan fingerprint density at radius 3 is 2.74 bits per heavy atom. The van der Waals surface area contributed by atoms with Crippen LogP contribution in [0.5, 0.6) is 5.75 Å². The normalized spacial score (nSPS) is 16.2. The van der Waals surface area contributed by atoms with Crippen LogP contribution in [0.2, 0.25) is 0 Å². The maximum absolute atomic E-state index is 12.1. The van der Waals surface area contributed by atoms with Crippen molar-refractivity contribution in [3.8, 4) is 5.75 Å². The summed E-state index contributed by atoms with van der Waals surface area (Å²) in [6, 6.07) is 7.98. The number of hydrogen-bond acceptors (Lipinski definition) is 3. The average molecular weight is 315 g/mol. The number of ether oxygens (including phenoxy) is 1. The quantitative estimate of drug-likeness (QED) is 0.892. The largest absolute Gasteiger partial charge is 0.497 e. The van der Waals surface area contributed by atoms with Gasteiger partial charge in [0.25, 0.3) is 0 Å². The molecule has 0 saturated carbocycles. The fourth-order valence-electron chi connectivity index (χ4n) is 3.14. The zero-order valence-corrected chi connectivity index (χ0v) is 13.7. The van der Waals surface area contributed by atoms with Crippen LogP contribution in [0.3, 0.4) is 0 Å². The third-order valence-electron chi connectivity index (χ3n) is 4.43. The monoisotopic (exact) mass is 315 g/mol. The highest BCUT2D eigenvalue weighted by molar-refractivity contribution is 5.82. The number of benzene rings is 1. The molecule has 0 radical (unpaired) electrons. The number of carbonyl (C=O) groups excluding carboxylic acids is 1. The van der Waals surface area contributed by atoms with E-state index in [1.54, 1.807) is 7.11 Å². The second-order valence-corrected chi connectivity index (χ2v) is 6.21. The molecule has 5 nitrogen and oxygen atoms in total. The van der Waals surface area contributed by atoms with E-state index < -0.39 is 0 Å². The molecule has 1 fully saturated rings. The maximum atomic E-state index is 12.1. The Morgan fingerprint density at radius 2 is 2.00 bits per heavy atom. The van der Waals surface area contributed by atoms with Gasteiger partial charge >= 0.3 is 0 Å². The Labute approximate surface area is 137 Å².